The van der Waals surface area contributed by atoms with Gasteiger partial charge in [0.05, 0.1) is 6.54 Å². The van der Waals surface area contributed by atoms with Crippen LogP contribution in [-0.4, -0.2) is 45.5 Å². The molecule has 132 valence electrons. The number of nitrogens with zero attached hydrogens (tertiary/aromatic N) is 4. The highest BCUT2D eigenvalue weighted by Crippen LogP contribution is 2.33. The lowest BCUT2D eigenvalue weighted by Gasteiger charge is -2.29. The van der Waals surface area contributed by atoms with E-state index in [1.807, 2.05) is 10.6 Å². The fourth-order valence-corrected chi connectivity index (χ4v) is 3.52. The number of hydrogen-bond donors (Lipinski definition) is 1. The minimum absolute atomic E-state index is 0.253. The van der Waals surface area contributed by atoms with Crippen LogP contribution >= 0.6 is 0 Å². The monoisotopic (exact) mass is 343 g/mol. The summed E-state index contributed by atoms with van der Waals surface area (Å²) in [5.41, 5.74) is 6.57. The van der Waals surface area contributed by atoms with Gasteiger partial charge in [-0.3, -0.25) is 9.69 Å². The lowest BCUT2D eigenvalue weighted by molar-refractivity contribution is 0.0981. The van der Waals surface area contributed by atoms with Crippen LogP contribution in [0.1, 0.15) is 28.9 Å². The number of primary amides is 1. The average molecular weight is 343 g/mol. The molecule has 2 aliphatic heterocycles. The summed E-state index contributed by atoms with van der Waals surface area (Å²) in [5.74, 6) is 2.65. The van der Waals surface area contributed by atoms with Crippen molar-refractivity contribution in [3.63, 3.8) is 0 Å². The lowest BCUT2D eigenvalue weighted by atomic mass is 10.00. The molecule has 4 rings (SSSR count). The predicted molar refractivity (Wildman–Crippen MR) is 89.2 cm³/mol. The molecule has 1 aromatic carbocycles. The van der Waals surface area contributed by atoms with Crippen LogP contribution in [0.25, 0.3) is 0 Å². The summed E-state index contributed by atoms with van der Waals surface area (Å²) >= 11 is 0. The maximum Gasteiger partial charge on any atom is 0.286 e. The highest BCUT2D eigenvalue weighted by molar-refractivity contribution is 5.89. The van der Waals surface area contributed by atoms with E-state index in [4.69, 9.17) is 15.2 Å². The van der Waals surface area contributed by atoms with Gasteiger partial charge in [-0.15, -0.1) is 10.2 Å². The van der Waals surface area contributed by atoms with Crippen LogP contribution < -0.4 is 15.2 Å². The van der Waals surface area contributed by atoms with Crippen LogP contribution in [0.3, 0.4) is 0 Å². The predicted octanol–water partition coefficient (Wildman–Crippen LogP) is 0.800. The Labute approximate surface area is 145 Å². The van der Waals surface area contributed by atoms with Gasteiger partial charge in [-0.25, -0.2) is 0 Å². The fourth-order valence-electron chi connectivity index (χ4n) is 3.52. The third-order valence-electron chi connectivity index (χ3n) is 4.64. The van der Waals surface area contributed by atoms with Crippen molar-refractivity contribution in [2.45, 2.75) is 26.4 Å². The van der Waals surface area contributed by atoms with E-state index in [9.17, 15) is 4.79 Å². The summed E-state index contributed by atoms with van der Waals surface area (Å²) in [5, 5.41) is 8.00. The minimum atomic E-state index is -0.525. The second-order valence-corrected chi connectivity index (χ2v) is 6.69. The molecule has 8 nitrogen and oxygen atoms in total. The van der Waals surface area contributed by atoms with Crippen LogP contribution in [0.4, 0.5) is 0 Å². The van der Waals surface area contributed by atoms with Gasteiger partial charge in [0.1, 0.15) is 5.82 Å². The van der Waals surface area contributed by atoms with Crippen LogP contribution in [0.15, 0.2) is 18.2 Å². The smallest absolute Gasteiger partial charge is 0.286 e. The molecule has 25 heavy (non-hydrogen) atoms. The first-order valence-corrected chi connectivity index (χ1v) is 8.43. The zero-order chi connectivity index (χ0) is 17.4. The van der Waals surface area contributed by atoms with E-state index < -0.39 is 5.91 Å². The molecule has 0 spiro atoms. The Morgan fingerprint density at radius 2 is 2.12 bits per heavy atom. The molecule has 0 saturated carbocycles. The van der Waals surface area contributed by atoms with Gasteiger partial charge in [0.15, 0.2) is 11.5 Å². The largest absolute Gasteiger partial charge is 0.454 e. The number of carbonyl (C=O) groups excluding carboxylic acids is 1. The number of nitrogens with two attached hydrogens (primary N) is 1. The van der Waals surface area contributed by atoms with Gasteiger partial charge < -0.3 is 19.8 Å². The zero-order valence-corrected chi connectivity index (χ0v) is 14.1. The number of hydrogen-bond acceptors (Lipinski definition) is 6. The van der Waals surface area contributed by atoms with Crippen molar-refractivity contribution in [2.75, 3.05) is 19.9 Å². The standard InChI is InChI=1S/C17H21N5O3/c1-11(6-12-2-3-13-14(7-12)25-10-24-13)8-21-4-5-22-15(9-21)19-20-17(22)16(18)23/h2-3,7,11H,4-6,8-10H2,1H3,(H2,18,23). The van der Waals surface area contributed by atoms with Crippen molar-refractivity contribution < 1.29 is 14.3 Å². The summed E-state index contributed by atoms with van der Waals surface area (Å²) in [7, 11) is 0. The van der Waals surface area contributed by atoms with Crippen molar-refractivity contribution in [1.29, 1.82) is 0 Å². The topological polar surface area (TPSA) is 95.5 Å². The molecule has 1 amide bonds. The zero-order valence-electron chi connectivity index (χ0n) is 14.1. The molecule has 2 aliphatic rings. The van der Waals surface area contributed by atoms with Gasteiger partial charge in [-0.2, -0.15) is 0 Å². The molecular weight excluding hydrogens is 322 g/mol. The third-order valence-corrected chi connectivity index (χ3v) is 4.64. The molecule has 0 radical (unpaired) electrons. The van der Waals surface area contributed by atoms with Gasteiger partial charge in [0.25, 0.3) is 5.91 Å². The van der Waals surface area contributed by atoms with E-state index in [0.717, 1.165) is 36.8 Å². The SMILES string of the molecule is CC(Cc1ccc2c(c1)OCO2)CN1CCn2c(nnc2C(N)=O)C1. The molecule has 0 fully saturated rings. The quantitative estimate of drug-likeness (QED) is 0.863. The van der Waals surface area contributed by atoms with E-state index in [-0.39, 0.29) is 5.82 Å². The average Bonchev–Trinajstić information content (AvgIpc) is 3.20. The van der Waals surface area contributed by atoms with Gasteiger partial charge in [0, 0.05) is 19.6 Å². The summed E-state index contributed by atoms with van der Waals surface area (Å²) in [6.07, 6.45) is 0.965. The van der Waals surface area contributed by atoms with Crippen molar-refractivity contribution in [1.82, 2.24) is 19.7 Å². The van der Waals surface area contributed by atoms with Gasteiger partial charge in [-0.1, -0.05) is 13.0 Å². The van der Waals surface area contributed by atoms with Crippen molar-refractivity contribution in [2.24, 2.45) is 11.7 Å². The Balaban J connectivity index is 1.37. The number of fused-ring (bicyclic) bond motifs is 2. The van der Waals surface area contributed by atoms with E-state index >= 15 is 0 Å². The van der Waals surface area contributed by atoms with E-state index in [1.165, 1.54) is 5.56 Å². The Morgan fingerprint density at radius 1 is 1.28 bits per heavy atom. The summed E-state index contributed by atoms with van der Waals surface area (Å²) < 4.78 is 12.6. The first kappa shape index (κ1) is 15.9. The van der Waals surface area contributed by atoms with Gasteiger partial charge in [-0.05, 0) is 30.0 Å². The Morgan fingerprint density at radius 3 is 2.96 bits per heavy atom. The molecule has 8 heteroatoms. The number of benzene rings is 1. The van der Waals surface area contributed by atoms with Gasteiger partial charge in [0.2, 0.25) is 12.6 Å². The third kappa shape index (κ3) is 3.17. The Hall–Kier alpha value is -2.61. The summed E-state index contributed by atoms with van der Waals surface area (Å²) in [4.78, 5) is 13.7. The number of aromatic nitrogens is 3. The van der Waals surface area contributed by atoms with E-state index in [1.54, 1.807) is 0 Å². The van der Waals surface area contributed by atoms with Gasteiger partial charge >= 0.3 is 0 Å². The highest BCUT2D eigenvalue weighted by Gasteiger charge is 2.24. The normalized spacial score (nSPS) is 17.3. The maximum atomic E-state index is 11.3. The second kappa shape index (κ2) is 6.36. The second-order valence-electron chi connectivity index (χ2n) is 6.69. The Bertz CT molecular complexity index is 804. The molecule has 1 unspecified atom stereocenters. The highest BCUT2D eigenvalue weighted by atomic mass is 16.7. The first-order chi connectivity index (χ1) is 12.1. The molecule has 0 aliphatic carbocycles. The first-order valence-electron chi connectivity index (χ1n) is 8.43. The lowest BCUT2D eigenvalue weighted by Crippen LogP contribution is -2.38. The molecule has 2 aromatic rings. The molecule has 0 saturated heterocycles. The van der Waals surface area contributed by atoms with Crippen LogP contribution in [0.5, 0.6) is 11.5 Å². The number of carbonyl (C=O) groups is 1. The molecule has 0 bridgehead atoms. The number of amides is 1. The molecule has 1 atom stereocenters. The van der Waals surface area contributed by atoms with Crippen molar-refractivity contribution >= 4 is 5.91 Å². The number of rotatable bonds is 5. The van der Waals surface area contributed by atoms with E-state index in [2.05, 4.69) is 34.2 Å². The maximum absolute atomic E-state index is 11.3. The van der Waals surface area contributed by atoms with Crippen molar-refractivity contribution in [3.05, 3.63) is 35.4 Å². The minimum Gasteiger partial charge on any atom is -0.454 e. The fraction of sp³-hybridized carbons (Fsp3) is 0.471. The van der Waals surface area contributed by atoms with E-state index in [0.29, 0.717) is 25.8 Å². The molecular formula is C17H21N5O3. The number of ether oxygens (including phenoxy) is 2. The molecule has 1 aromatic heterocycles. The van der Waals surface area contributed by atoms with Crippen molar-refractivity contribution in [3.8, 4) is 11.5 Å². The van der Waals surface area contributed by atoms with Crippen LogP contribution in [0, 0.1) is 5.92 Å². The molecule has 2 N–H and O–H groups in total. The van der Waals surface area contributed by atoms with Crippen LogP contribution in [0.2, 0.25) is 0 Å². The van der Waals surface area contributed by atoms with Crippen LogP contribution in [-0.2, 0) is 19.5 Å². The summed E-state index contributed by atoms with van der Waals surface area (Å²) in [6.45, 7) is 5.72. The molecule has 3 heterocycles. The Kier molecular flexibility index (Phi) is 4.04. The summed E-state index contributed by atoms with van der Waals surface area (Å²) in [6, 6.07) is 6.12.